The second-order valence-corrected chi connectivity index (χ2v) is 9.71. The van der Waals surface area contributed by atoms with Gasteiger partial charge in [-0.3, -0.25) is 4.98 Å². The van der Waals surface area contributed by atoms with Crippen LogP contribution in [0, 0.1) is 5.82 Å². The summed E-state index contributed by atoms with van der Waals surface area (Å²) in [6.45, 7) is 1.85. The Hall–Kier alpha value is -2.46. The quantitative estimate of drug-likeness (QED) is 0.526. The van der Waals surface area contributed by atoms with Gasteiger partial charge < -0.3 is 24.6 Å². The molecule has 1 fully saturated rings. The highest BCUT2D eigenvalue weighted by Gasteiger charge is 2.28. The number of fused-ring (bicyclic) bond motifs is 2. The molecule has 34 heavy (non-hydrogen) atoms. The zero-order chi connectivity index (χ0) is 23.5. The van der Waals surface area contributed by atoms with Crippen LogP contribution >= 0.6 is 11.8 Å². The molecule has 0 aliphatic carbocycles. The third kappa shape index (κ3) is 5.12. The summed E-state index contributed by atoms with van der Waals surface area (Å²) >= 11 is 1.79. The third-order valence-electron chi connectivity index (χ3n) is 6.31. The predicted molar refractivity (Wildman–Crippen MR) is 128 cm³/mol. The highest BCUT2D eigenvalue weighted by molar-refractivity contribution is 7.99. The number of ether oxygens (including phenoxy) is 3. The van der Waals surface area contributed by atoms with Crippen LogP contribution in [0.5, 0.6) is 11.6 Å². The number of aliphatic hydroxyl groups is 1. The van der Waals surface area contributed by atoms with E-state index in [1.165, 1.54) is 13.2 Å². The average Bonchev–Trinajstić information content (AvgIpc) is 2.89. The van der Waals surface area contributed by atoms with Crippen molar-refractivity contribution >= 4 is 22.7 Å². The monoisotopic (exact) mass is 485 g/mol. The predicted octanol–water partition coefficient (Wildman–Crippen LogP) is 3.50. The van der Waals surface area contributed by atoms with Gasteiger partial charge in [0.05, 0.1) is 54.8 Å². The van der Waals surface area contributed by atoms with E-state index in [2.05, 4.69) is 21.4 Å². The summed E-state index contributed by atoms with van der Waals surface area (Å²) in [7, 11) is 1.53. The minimum absolute atomic E-state index is 0.130. The number of hydrogen-bond acceptors (Lipinski definition) is 8. The Morgan fingerprint density at radius 1 is 1.29 bits per heavy atom. The zero-order valence-corrected chi connectivity index (χ0v) is 19.8. The van der Waals surface area contributed by atoms with Crippen molar-refractivity contribution in [3.8, 4) is 11.6 Å². The molecular weight excluding hydrogens is 457 g/mol. The Balaban J connectivity index is 1.16. The van der Waals surface area contributed by atoms with E-state index in [0.717, 1.165) is 40.5 Å². The van der Waals surface area contributed by atoms with Gasteiger partial charge in [0, 0.05) is 41.8 Å². The lowest BCUT2D eigenvalue weighted by molar-refractivity contribution is -0.0719. The van der Waals surface area contributed by atoms with Gasteiger partial charge in [0.2, 0.25) is 5.88 Å². The van der Waals surface area contributed by atoms with Crippen LogP contribution in [0.15, 0.2) is 41.4 Å². The van der Waals surface area contributed by atoms with Crippen molar-refractivity contribution in [3.63, 3.8) is 0 Å². The molecule has 2 aliphatic rings. The maximum atomic E-state index is 14.7. The first-order valence-electron chi connectivity index (χ1n) is 11.5. The molecule has 2 aromatic heterocycles. The highest BCUT2D eigenvalue weighted by atomic mass is 32.2. The molecule has 1 saturated heterocycles. The lowest BCUT2D eigenvalue weighted by Crippen LogP contribution is -2.44. The fourth-order valence-corrected chi connectivity index (χ4v) is 5.28. The molecule has 9 heteroatoms. The molecule has 0 radical (unpaired) electrons. The van der Waals surface area contributed by atoms with E-state index in [4.69, 9.17) is 14.2 Å². The van der Waals surface area contributed by atoms with Gasteiger partial charge in [0.15, 0.2) is 5.75 Å². The first-order valence-corrected chi connectivity index (χ1v) is 12.5. The van der Waals surface area contributed by atoms with Crippen LogP contribution in [-0.2, 0) is 17.7 Å². The fraction of sp³-hybridized carbons (Fsp3) is 0.440. The zero-order valence-electron chi connectivity index (χ0n) is 19.0. The maximum absolute atomic E-state index is 14.7. The molecular formula is C25H28FN3O4S. The number of pyridine rings is 2. The van der Waals surface area contributed by atoms with Crippen molar-refractivity contribution in [2.24, 2.45) is 0 Å². The highest BCUT2D eigenvalue weighted by Crippen LogP contribution is 2.33. The van der Waals surface area contributed by atoms with E-state index in [1.807, 2.05) is 6.07 Å². The second-order valence-electron chi connectivity index (χ2n) is 8.57. The van der Waals surface area contributed by atoms with Crippen molar-refractivity contribution in [1.29, 1.82) is 0 Å². The van der Waals surface area contributed by atoms with Crippen molar-refractivity contribution in [2.75, 3.05) is 26.1 Å². The average molecular weight is 486 g/mol. The number of hydrogen-bond donors (Lipinski definition) is 2. The minimum Gasteiger partial charge on any atom is -0.490 e. The van der Waals surface area contributed by atoms with E-state index in [9.17, 15) is 9.50 Å². The smallest absolute Gasteiger partial charge is 0.213 e. The Bertz CT molecular complexity index is 1160. The van der Waals surface area contributed by atoms with Crippen LogP contribution in [0.2, 0.25) is 0 Å². The number of benzene rings is 1. The number of nitrogens with one attached hydrogen (secondary N) is 1. The number of aliphatic hydroxyl groups excluding tert-OH is 1. The van der Waals surface area contributed by atoms with Crippen molar-refractivity contribution in [2.45, 2.75) is 49.0 Å². The lowest BCUT2D eigenvalue weighted by atomic mass is 9.95. The van der Waals surface area contributed by atoms with Crippen LogP contribution in [0.25, 0.3) is 10.9 Å². The molecule has 0 unspecified atom stereocenters. The second kappa shape index (κ2) is 10.4. The summed E-state index contributed by atoms with van der Waals surface area (Å²) in [4.78, 5) is 10.0. The molecule has 3 atom stereocenters. The lowest BCUT2D eigenvalue weighted by Gasteiger charge is -2.32. The van der Waals surface area contributed by atoms with E-state index < -0.39 is 6.10 Å². The Morgan fingerprint density at radius 3 is 3.00 bits per heavy atom. The molecule has 1 aromatic carbocycles. The largest absolute Gasteiger partial charge is 0.490 e. The molecule has 4 heterocycles. The normalized spacial score (nSPS) is 21.0. The van der Waals surface area contributed by atoms with Gasteiger partial charge in [0.1, 0.15) is 5.82 Å². The molecule has 180 valence electrons. The Labute approximate surface area is 202 Å². The van der Waals surface area contributed by atoms with Crippen molar-refractivity contribution in [1.82, 2.24) is 15.3 Å². The Kier molecular flexibility index (Phi) is 7.15. The summed E-state index contributed by atoms with van der Waals surface area (Å²) in [6.07, 6.45) is 2.28. The molecule has 0 amide bonds. The SMILES string of the molecule is COc1ccc2ccc(F)c(C[C@H](O)[C@@H]3CC[C@@H](NCc4cc5c(cn4)OCCS5)CO3)c2n1. The van der Waals surface area contributed by atoms with Crippen LogP contribution in [0.3, 0.4) is 0 Å². The minimum atomic E-state index is -0.826. The van der Waals surface area contributed by atoms with Gasteiger partial charge in [-0.15, -0.1) is 11.8 Å². The van der Waals surface area contributed by atoms with Gasteiger partial charge in [-0.25, -0.2) is 9.37 Å². The standard InChI is InChI=1S/C25H28FN3O4S/c1-31-24-7-3-15-2-5-19(26)18(25(15)29-24)11-20(30)21-6-4-16(14-33-21)27-12-17-10-23-22(13-28-17)32-8-9-34-23/h2-3,5,7,10,13,16,20-21,27,30H,4,6,8-9,11-12,14H2,1H3/t16-,20+,21+/m1/s1. The molecule has 2 aliphatic heterocycles. The topological polar surface area (TPSA) is 85.7 Å². The van der Waals surface area contributed by atoms with Crippen molar-refractivity contribution < 1.29 is 23.7 Å². The van der Waals surface area contributed by atoms with E-state index in [1.54, 1.807) is 30.1 Å². The summed E-state index contributed by atoms with van der Waals surface area (Å²) in [5, 5.41) is 15.2. The van der Waals surface area contributed by atoms with Gasteiger partial charge >= 0.3 is 0 Å². The molecule has 7 nitrogen and oxygen atoms in total. The number of nitrogens with zero attached hydrogens (tertiary/aromatic N) is 2. The van der Waals surface area contributed by atoms with Crippen LogP contribution < -0.4 is 14.8 Å². The molecule has 3 aromatic rings. The van der Waals surface area contributed by atoms with Crippen LogP contribution in [-0.4, -0.2) is 59.4 Å². The van der Waals surface area contributed by atoms with Crippen LogP contribution in [0.1, 0.15) is 24.1 Å². The van der Waals surface area contributed by atoms with Crippen LogP contribution in [0.4, 0.5) is 4.39 Å². The summed E-state index contributed by atoms with van der Waals surface area (Å²) < 4.78 is 31.4. The first-order chi connectivity index (χ1) is 16.6. The summed E-state index contributed by atoms with van der Waals surface area (Å²) in [5.74, 6) is 1.84. The molecule has 5 rings (SSSR count). The summed E-state index contributed by atoms with van der Waals surface area (Å²) in [5.41, 5.74) is 1.86. The molecule has 0 saturated carbocycles. The Morgan fingerprint density at radius 2 is 2.18 bits per heavy atom. The van der Waals surface area contributed by atoms with Gasteiger partial charge in [-0.05, 0) is 37.1 Å². The van der Waals surface area contributed by atoms with Gasteiger partial charge in [-0.2, -0.15) is 0 Å². The van der Waals surface area contributed by atoms with E-state index in [0.29, 0.717) is 36.5 Å². The van der Waals surface area contributed by atoms with Gasteiger partial charge in [0.25, 0.3) is 0 Å². The fourth-order valence-electron chi connectivity index (χ4n) is 4.42. The number of halogens is 1. The number of aromatic nitrogens is 2. The van der Waals surface area contributed by atoms with E-state index in [-0.39, 0.29) is 24.4 Å². The summed E-state index contributed by atoms with van der Waals surface area (Å²) in [6, 6.07) is 8.93. The first kappa shape index (κ1) is 23.3. The molecule has 0 spiro atoms. The molecule has 0 bridgehead atoms. The van der Waals surface area contributed by atoms with Gasteiger partial charge in [-0.1, -0.05) is 0 Å². The number of rotatable bonds is 7. The van der Waals surface area contributed by atoms with Crippen molar-refractivity contribution in [3.05, 3.63) is 53.6 Å². The number of methoxy groups -OCH3 is 1. The number of thioether (sulfide) groups is 1. The third-order valence-corrected chi connectivity index (χ3v) is 7.31. The van der Waals surface area contributed by atoms with E-state index >= 15 is 0 Å². The maximum Gasteiger partial charge on any atom is 0.213 e. The molecule has 2 N–H and O–H groups in total.